The van der Waals surface area contributed by atoms with Gasteiger partial charge in [0.15, 0.2) is 0 Å². The molecule has 1 unspecified atom stereocenters. The lowest BCUT2D eigenvalue weighted by atomic mass is 9.92. The Hall–Kier alpha value is -1.59. The van der Waals surface area contributed by atoms with Crippen LogP contribution in [0.15, 0.2) is 46.9 Å². The largest absolute Gasteiger partial charge is 0.495 e. The Labute approximate surface area is 131 Å². The van der Waals surface area contributed by atoms with Crippen LogP contribution in [0.5, 0.6) is 5.75 Å². The van der Waals surface area contributed by atoms with E-state index < -0.39 is 5.54 Å². The molecular weight excluding hydrogens is 337 g/mol. The lowest BCUT2D eigenvalue weighted by Crippen LogP contribution is -2.36. The van der Waals surface area contributed by atoms with Crippen LogP contribution in [0.2, 0.25) is 0 Å². The van der Waals surface area contributed by atoms with Crippen molar-refractivity contribution in [1.82, 2.24) is 0 Å². The number of hydrogen-bond donors (Lipinski definition) is 2. The van der Waals surface area contributed by atoms with E-state index in [1.807, 2.05) is 31.2 Å². The molecule has 0 saturated carbocycles. The fraction of sp³-hybridized carbons (Fsp3) is 0.250. The minimum absolute atomic E-state index is 0.157. The Balaban J connectivity index is 2.41. The summed E-state index contributed by atoms with van der Waals surface area (Å²) in [5.41, 5.74) is 0.742. The summed E-state index contributed by atoms with van der Waals surface area (Å²) in [6, 6.07) is 11.9. The van der Waals surface area contributed by atoms with Crippen LogP contribution in [0.1, 0.15) is 12.5 Å². The lowest BCUT2D eigenvalue weighted by molar-refractivity contribution is 0.223. The number of methoxy groups -OCH3 is 1. The van der Waals surface area contributed by atoms with Crippen LogP contribution in [-0.4, -0.2) is 18.8 Å². The van der Waals surface area contributed by atoms with Gasteiger partial charge in [-0.3, -0.25) is 0 Å². The number of hydrogen-bond acceptors (Lipinski definition) is 3. The highest BCUT2D eigenvalue weighted by Gasteiger charge is 2.29. The lowest BCUT2D eigenvalue weighted by Gasteiger charge is -2.32. The normalized spacial score (nSPS) is 13.6. The molecule has 2 N–H and O–H groups in total. The SMILES string of the molecule is COc1ccccc1NC(C)(CO)c1ccc(F)cc1Br. The molecule has 0 heterocycles. The topological polar surface area (TPSA) is 41.5 Å². The molecule has 0 aliphatic heterocycles. The zero-order valence-electron chi connectivity index (χ0n) is 11.9. The van der Waals surface area contributed by atoms with Crippen LogP contribution in [0.3, 0.4) is 0 Å². The Bertz CT molecular complexity index is 635. The third-order valence-electron chi connectivity index (χ3n) is 3.36. The number of anilines is 1. The molecule has 0 amide bonds. The maximum absolute atomic E-state index is 13.3. The number of rotatable bonds is 5. The number of nitrogens with one attached hydrogen (secondary N) is 1. The summed E-state index contributed by atoms with van der Waals surface area (Å²) in [6.45, 7) is 1.69. The van der Waals surface area contributed by atoms with Gasteiger partial charge < -0.3 is 15.2 Å². The van der Waals surface area contributed by atoms with Crippen molar-refractivity contribution in [2.45, 2.75) is 12.5 Å². The highest BCUT2D eigenvalue weighted by Crippen LogP contribution is 2.34. The summed E-state index contributed by atoms with van der Waals surface area (Å²) in [6.07, 6.45) is 0. The fourth-order valence-corrected chi connectivity index (χ4v) is 2.96. The van der Waals surface area contributed by atoms with Gasteiger partial charge in [0.1, 0.15) is 11.6 Å². The van der Waals surface area contributed by atoms with Gasteiger partial charge in [-0.1, -0.05) is 34.1 Å². The summed E-state index contributed by atoms with van der Waals surface area (Å²) in [7, 11) is 1.59. The molecule has 0 spiro atoms. The summed E-state index contributed by atoms with van der Waals surface area (Å²) in [4.78, 5) is 0. The maximum atomic E-state index is 13.3. The van der Waals surface area contributed by atoms with Crippen molar-refractivity contribution in [1.29, 1.82) is 0 Å². The third-order valence-corrected chi connectivity index (χ3v) is 4.02. The molecule has 112 valence electrons. The molecule has 0 aliphatic rings. The number of aliphatic hydroxyl groups excluding tert-OH is 1. The standard InChI is InChI=1S/C16H17BrFNO2/c1-16(10-20,12-8-7-11(18)9-13(12)17)19-14-5-3-4-6-15(14)21-2/h3-9,19-20H,10H2,1-2H3. The zero-order chi connectivity index (χ0) is 15.5. The first-order valence-corrected chi connectivity index (χ1v) is 7.27. The van der Waals surface area contributed by atoms with E-state index in [9.17, 15) is 9.50 Å². The van der Waals surface area contributed by atoms with Crippen LogP contribution >= 0.6 is 15.9 Å². The van der Waals surface area contributed by atoms with Crippen molar-refractivity contribution in [3.63, 3.8) is 0 Å². The summed E-state index contributed by atoms with van der Waals surface area (Å²) in [5.74, 6) is 0.346. The Morgan fingerprint density at radius 1 is 1.29 bits per heavy atom. The number of benzene rings is 2. The van der Waals surface area contributed by atoms with Gasteiger partial charge in [0.25, 0.3) is 0 Å². The average Bonchev–Trinajstić information content (AvgIpc) is 2.47. The minimum Gasteiger partial charge on any atom is -0.495 e. The van der Waals surface area contributed by atoms with Gasteiger partial charge in [-0.25, -0.2) is 4.39 Å². The summed E-state index contributed by atoms with van der Waals surface area (Å²) < 4.78 is 19.2. The van der Waals surface area contributed by atoms with E-state index in [1.54, 1.807) is 13.2 Å². The second-order valence-corrected chi connectivity index (χ2v) is 5.79. The molecule has 0 saturated heterocycles. The van der Waals surface area contributed by atoms with Crippen molar-refractivity contribution in [3.8, 4) is 5.75 Å². The van der Waals surface area contributed by atoms with E-state index in [1.165, 1.54) is 12.1 Å². The quantitative estimate of drug-likeness (QED) is 0.855. The molecule has 3 nitrogen and oxygen atoms in total. The molecule has 0 bridgehead atoms. The van der Waals surface area contributed by atoms with Gasteiger partial charge in [0, 0.05) is 4.47 Å². The number of aliphatic hydroxyl groups is 1. The highest BCUT2D eigenvalue weighted by molar-refractivity contribution is 9.10. The second kappa shape index (κ2) is 6.45. The summed E-state index contributed by atoms with van der Waals surface area (Å²) >= 11 is 3.35. The van der Waals surface area contributed by atoms with Crippen LogP contribution in [-0.2, 0) is 5.54 Å². The molecule has 2 aromatic carbocycles. The molecular formula is C16H17BrFNO2. The summed E-state index contributed by atoms with van der Waals surface area (Å²) in [5, 5.41) is 13.1. The molecule has 0 radical (unpaired) electrons. The number of ether oxygens (including phenoxy) is 1. The van der Waals surface area contributed by atoms with Gasteiger partial charge in [-0.15, -0.1) is 0 Å². The van der Waals surface area contributed by atoms with Crippen LogP contribution in [0.25, 0.3) is 0 Å². The van der Waals surface area contributed by atoms with E-state index in [0.717, 1.165) is 11.3 Å². The van der Waals surface area contributed by atoms with Gasteiger partial charge >= 0.3 is 0 Å². The fourth-order valence-electron chi connectivity index (χ4n) is 2.17. The van der Waals surface area contributed by atoms with Crippen LogP contribution < -0.4 is 10.1 Å². The van der Waals surface area contributed by atoms with Crippen LogP contribution in [0, 0.1) is 5.82 Å². The molecule has 0 aromatic heterocycles. The van der Waals surface area contributed by atoms with Gasteiger partial charge in [-0.05, 0) is 36.8 Å². The minimum atomic E-state index is -0.777. The third kappa shape index (κ3) is 3.36. The zero-order valence-corrected chi connectivity index (χ0v) is 13.4. The van der Waals surface area contributed by atoms with Crippen LogP contribution in [0.4, 0.5) is 10.1 Å². The van der Waals surface area contributed by atoms with Gasteiger partial charge in [-0.2, -0.15) is 0 Å². The maximum Gasteiger partial charge on any atom is 0.141 e. The Morgan fingerprint density at radius 3 is 2.62 bits per heavy atom. The van der Waals surface area contributed by atoms with E-state index in [2.05, 4.69) is 21.2 Å². The van der Waals surface area contributed by atoms with Crippen molar-refractivity contribution >= 4 is 21.6 Å². The van der Waals surface area contributed by atoms with E-state index in [-0.39, 0.29) is 12.4 Å². The number of halogens is 2. The predicted octanol–water partition coefficient (Wildman–Crippen LogP) is 3.92. The monoisotopic (exact) mass is 353 g/mol. The Morgan fingerprint density at radius 2 is 2.00 bits per heavy atom. The predicted molar refractivity (Wildman–Crippen MR) is 85.2 cm³/mol. The van der Waals surface area contributed by atoms with Gasteiger partial charge in [0.2, 0.25) is 0 Å². The van der Waals surface area contributed by atoms with E-state index in [4.69, 9.17) is 4.74 Å². The first-order chi connectivity index (χ1) is 10.00. The van der Waals surface area contributed by atoms with Crippen molar-refractivity contribution in [2.24, 2.45) is 0 Å². The average molecular weight is 354 g/mol. The first-order valence-electron chi connectivity index (χ1n) is 6.48. The first kappa shape index (κ1) is 15.8. The van der Waals surface area contributed by atoms with E-state index in [0.29, 0.717) is 10.2 Å². The second-order valence-electron chi connectivity index (χ2n) is 4.94. The molecule has 2 aromatic rings. The van der Waals surface area contributed by atoms with E-state index >= 15 is 0 Å². The molecule has 2 rings (SSSR count). The molecule has 0 aliphatic carbocycles. The smallest absolute Gasteiger partial charge is 0.141 e. The Kier molecular flexibility index (Phi) is 4.85. The highest BCUT2D eigenvalue weighted by atomic mass is 79.9. The molecule has 21 heavy (non-hydrogen) atoms. The van der Waals surface area contributed by atoms with Crippen molar-refractivity contribution < 1.29 is 14.2 Å². The molecule has 1 atom stereocenters. The van der Waals surface area contributed by atoms with Crippen molar-refractivity contribution in [3.05, 3.63) is 58.3 Å². The molecule has 5 heteroatoms. The van der Waals surface area contributed by atoms with Crippen molar-refractivity contribution in [2.75, 3.05) is 19.0 Å². The van der Waals surface area contributed by atoms with Gasteiger partial charge in [0.05, 0.1) is 24.9 Å². The molecule has 0 fully saturated rings. The number of para-hydroxylation sites is 2.